The van der Waals surface area contributed by atoms with E-state index in [2.05, 4.69) is 54.9 Å². The van der Waals surface area contributed by atoms with Crippen LogP contribution in [0.2, 0.25) is 0 Å². The Morgan fingerprint density at radius 2 is 2.03 bits per heavy atom. The number of alkyl halides is 1. The Morgan fingerprint density at radius 1 is 1.18 bits per heavy atom. The lowest BCUT2D eigenvalue weighted by molar-refractivity contribution is 0.0958. The summed E-state index contributed by atoms with van der Waals surface area (Å²) in [6, 6.07) is 15.6. The monoisotopic (exact) mass is 445 g/mol. The van der Waals surface area contributed by atoms with Crippen LogP contribution < -0.4 is 10.6 Å². The molecule has 1 fully saturated rings. The topological polar surface area (TPSA) is 87.5 Å². The van der Waals surface area contributed by atoms with Crippen LogP contribution in [0, 0.1) is 0 Å². The highest BCUT2D eigenvalue weighted by Gasteiger charge is 2.21. The summed E-state index contributed by atoms with van der Waals surface area (Å²) in [5.74, 6) is 0.193. The summed E-state index contributed by atoms with van der Waals surface area (Å²) in [7, 11) is 1.57. The molecule has 1 aromatic carbocycles. The number of carbonyl (C=O) groups is 1. The normalized spacial score (nSPS) is 16.2. The molecule has 1 amide bonds. The van der Waals surface area contributed by atoms with Crippen molar-refractivity contribution in [3.63, 3.8) is 0 Å². The van der Waals surface area contributed by atoms with E-state index in [1.807, 2.05) is 18.3 Å². The van der Waals surface area contributed by atoms with Gasteiger partial charge in [0, 0.05) is 38.4 Å². The van der Waals surface area contributed by atoms with Crippen LogP contribution in [0.5, 0.6) is 0 Å². The number of fused-ring (bicyclic) bond motifs is 1. The predicted molar refractivity (Wildman–Crippen MR) is 124 cm³/mol. The summed E-state index contributed by atoms with van der Waals surface area (Å²) in [6.07, 6.45) is 3.33. The number of carbonyl (C=O) groups excluding carboxylic acids is 1. The molecule has 4 aromatic rings. The Morgan fingerprint density at radius 3 is 2.73 bits per heavy atom. The molecule has 168 valence electrons. The van der Waals surface area contributed by atoms with Gasteiger partial charge in [0.1, 0.15) is 11.9 Å². The lowest BCUT2D eigenvalue weighted by Crippen LogP contribution is -2.20. The van der Waals surface area contributed by atoms with E-state index in [0.29, 0.717) is 30.3 Å². The SMILES string of the molecule is CNC(=O)c1ccc(Nc2nc3c(-c4ccc(CN5CC[C@@H](F)C5)cc4)cccn3n2)cn1. The van der Waals surface area contributed by atoms with Gasteiger partial charge in [-0.3, -0.25) is 9.69 Å². The maximum atomic E-state index is 13.4. The third-order valence-corrected chi connectivity index (χ3v) is 5.73. The molecule has 0 aliphatic carbocycles. The van der Waals surface area contributed by atoms with Crippen molar-refractivity contribution in [3.8, 4) is 11.1 Å². The van der Waals surface area contributed by atoms with Crippen LogP contribution in [0.4, 0.5) is 16.0 Å². The van der Waals surface area contributed by atoms with Crippen LogP contribution in [0.25, 0.3) is 16.8 Å². The highest BCUT2D eigenvalue weighted by atomic mass is 19.1. The first-order valence-corrected chi connectivity index (χ1v) is 10.9. The van der Waals surface area contributed by atoms with Gasteiger partial charge in [-0.2, -0.15) is 4.98 Å². The molecule has 0 bridgehead atoms. The summed E-state index contributed by atoms with van der Waals surface area (Å²) < 4.78 is 15.2. The van der Waals surface area contributed by atoms with E-state index in [1.165, 1.54) is 0 Å². The van der Waals surface area contributed by atoms with E-state index in [1.54, 1.807) is 29.9 Å². The second kappa shape index (κ2) is 8.95. The number of likely N-dealkylation sites (tertiary alicyclic amines) is 1. The number of pyridine rings is 2. The van der Waals surface area contributed by atoms with Gasteiger partial charge in [0.2, 0.25) is 5.95 Å². The first-order valence-electron chi connectivity index (χ1n) is 10.9. The van der Waals surface area contributed by atoms with Gasteiger partial charge in [0.15, 0.2) is 5.65 Å². The molecule has 1 atom stereocenters. The van der Waals surface area contributed by atoms with Crippen molar-refractivity contribution in [3.05, 3.63) is 72.2 Å². The van der Waals surface area contributed by atoms with Crippen LogP contribution in [0.1, 0.15) is 22.5 Å². The molecule has 0 saturated carbocycles. The molecular formula is C24H24FN7O. The molecule has 5 rings (SSSR count). The van der Waals surface area contributed by atoms with E-state index in [9.17, 15) is 9.18 Å². The fourth-order valence-electron chi connectivity index (χ4n) is 4.02. The Hall–Kier alpha value is -3.85. The molecule has 1 aliphatic heterocycles. The van der Waals surface area contributed by atoms with E-state index in [0.717, 1.165) is 35.4 Å². The van der Waals surface area contributed by atoms with Crippen LogP contribution >= 0.6 is 0 Å². The van der Waals surface area contributed by atoms with Crippen molar-refractivity contribution in [2.45, 2.75) is 19.1 Å². The molecule has 0 spiro atoms. The number of amides is 1. The zero-order valence-corrected chi connectivity index (χ0v) is 18.2. The van der Waals surface area contributed by atoms with Gasteiger partial charge >= 0.3 is 0 Å². The van der Waals surface area contributed by atoms with Crippen LogP contribution in [-0.4, -0.2) is 56.7 Å². The zero-order valence-electron chi connectivity index (χ0n) is 18.2. The molecule has 4 heterocycles. The molecule has 1 saturated heterocycles. The molecule has 9 heteroatoms. The largest absolute Gasteiger partial charge is 0.354 e. The second-order valence-electron chi connectivity index (χ2n) is 8.08. The first kappa shape index (κ1) is 21.0. The minimum absolute atomic E-state index is 0.241. The van der Waals surface area contributed by atoms with Gasteiger partial charge in [0.05, 0.1) is 11.9 Å². The van der Waals surface area contributed by atoms with Crippen molar-refractivity contribution < 1.29 is 9.18 Å². The zero-order chi connectivity index (χ0) is 22.8. The average molecular weight is 446 g/mol. The molecular weight excluding hydrogens is 421 g/mol. The fraction of sp³-hybridized carbons (Fsp3) is 0.250. The third kappa shape index (κ3) is 4.54. The van der Waals surface area contributed by atoms with Gasteiger partial charge in [-0.05, 0) is 41.8 Å². The summed E-state index contributed by atoms with van der Waals surface area (Å²) in [6.45, 7) is 2.08. The van der Waals surface area contributed by atoms with Gasteiger partial charge in [-0.1, -0.05) is 24.3 Å². The molecule has 0 radical (unpaired) electrons. The second-order valence-corrected chi connectivity index (χ2v) is 8.08. The molecule has 0 unspecified atom stereocenters. The molecule has 3 aromatic heterocycles. The summed E-state index contributed by atoms with van der Waals surface area (Å²) in [4.78, 5) is 22.6. The highest BCUT2D eigenvalue weighted by Crippen LogP contribution is 2.26. The van der Waals surface area contributed by atoms with E-state index in [4.69, 9.17) is 0 Å². The van der Waals surface area contributed by atoms with Gasteiger partial charge in [0.25, 0.3) is 5.91 Å². The summed E-state index contributed by atoms with van der Waals surface area (Å²) >= 11 is 0. The number of aromatic nitrogens is 4. The molecule has 33 heavy (non-hydrogen) atoms. The Bertz CT molecular complexity index is 1270. The molecule has 2 N–H and O–H groups in total. The van der Waals surface area contributed by atoms with Crippen LogP contribution in [-0.2, 0) is 6.54 Å². The van der Waals surface area contributed by atoms with Gasteiger partial charge in [-0.25, -0.2) is 13.9 Å². The van der Waals surface area contributed by atoms with Crippen LogP contribution in [0.3, 0.4) is 0 Å². The lowest BCUT2D eigenvalue weighted by Gasteiger charge is -2.14. The van der Waals surface area contributed by atoms with Crippen molar-refractivity contribution in [1.29, 1.82) is 0 Å². The standard InChI is InChI=1S/C24H24FN7O/c1-26-23(33)21-9-8-19(13-27-21)28-24-29-22-20(3-2-11-32(22)30-24)17-6-4-16(5-7-17)14-31-12-10-18(25)15-31/h2-9,11,13,18H,10,12,14-15H2,1H3,(H,26,33)(H,28,30)/t18-/m1/s1. The first-order chi connectivity index (χ1) is 16.1. The van der Waals surface area contributed by atoms with Crippen molar-refractivity contribution in [2.75, 3.05) is 25.5 Å². The number of anilines is 2. The number of hydrogen-bond donors (Lipinski definition) is 2. The van der Waals surface area contributed by atoms with Crippen LogP contribution in [0.15, 0.2) is 60.9 Å². The smallest absolute Gasteiger partial charge is 0.269 e. The van der Waals surface area contributed by atoms with Gasteiger partial charge in [-0.15, -0.1) is 5.10 Å². The van der Waals surface area contributed by atoms with Crippen molar-refractivity contribution >= 4 is 23.2 Å². The maximum absolute atomic E-state index is 13.4. The Kier molecular flexibility index (Phi) is 5.70. The predicted octanol–water partition coefficient (Wildman–Crippen LogP) is 3.44. The number of nitrogens with zero attached hydrogens (tertiary/aromatic N) is 5. The minimum atomic E-state index is -0.706. The molecule has 1 aliphatic rings. The number of hydrogen-bond acceptors (Lipinski definition) is 6. The molecule has 8 nitrogen and oxygen atoms in total. The van der Waals surface area contributed by atoms with Gasteiger partial charge < -0.3 is 10.6 Å². The number of benzene rings is 1. The number of nitrogens with one attached hydrogen (secondary N) is 2. The average Bonchev–Trinajstić information content (AvgIpc) is 3.44. The van der Waals surface area contributed by atoms with Crippen molar-refractivity contribution in [1.82, 2.24) is 29.8 Å². The number of rotatable bonds is 6. The fourth-order valence-corrected chi connectivity index (χ4v) is 4.02. The van der Waals surface area contributed by atoms with Crippen molar-refractivity contribution in [2.24, 2.45) is 0 Å². The lowest BCUT2D eigenvalue weighted by atomic mass is 10.0. The third-order valence-electron chi connectivity index (χ3n) is 5.73. The minimum Gasteiger partial charge on any atom is -0.354 e. The van der Waals surface area contributed by atoms with E-state index in [-0.39, 0.29) is 5.91 Å². The quantitative estimate of drug-likeness (QED) is 0.473. The Labute approximate surface area is 190 Å². The maximum Gasteiger partial charge on any atom is 0.269 e. The highest BCUT2D eigenvalue weighted by molar-refractivity contribution is 5.92. The summed E-state index contributed by atoms with van der Waals surface area (Å²) in [5, 5.41) is 10.2. The Balaban J connectivity index is 1.35. The number of halogens is 1. The van der Waals surface area contributed by atoms with E-state index >= 15 is 0 Å². The summed E-state index contributed by atoms with van der Waals surface area (Å²) in [5.41, 5.74) is 4.90. The van der Waals surface area contributed by atoms with E-state index < -0.39 is 6.17 Å².